The van der Waals surface area contributed by atoms with Crippen molar-refractivity contribution in [3.63, 3.8) is 0 Å². The van der Waals surface area contributed by atoms with Crippen molar-refractivity contribution in [1.82, 2.24) is 9.97 Å². The predicted molar refractivity (Wildman–Crippen MR) is 93.6 cm³/mol. The Kier molecular flexibility index (Phi) is 5.05. The quantitative estimate of drug-likeness (QED) is 0.570. The molecule has 0 aliphatic rings. The highest BCUT2D eigenvalue weighted by atomic mass is 79.9. The Labute approximate surface area is 150 Å². The number of ether oxygens (including phenoxy) is 1. The lowest BCUT2D eigenvalue weighted by Gasteiger charge is -2.03. The number of rotatable bonds is 4. The van der Waals surface area contributed by atoms with Crippen molar-refractivity contribution >= 4 is 44.8 Å². The van der Waals surface area contributed by atoms with E-state index >= 15 is 0 Å². The molecule has 0 unspecified atom stereocenters. The maximum absolute atomic E-state index is 12.0. The van der Waals surface area contributed by atoms with Crippen LogP contribution in [0.4, 0.5) is 0 Å². The van der Waals surface area contributed by atoms with Gasteiger partial charge in [-0.2, -0.15) is 0 Å². The molecule has 3 aromatic rings. The van der Waals surface area contributed by atoms with Gasteiger partial charge in [-0.15, -0.1) is 11.3 Å². The van der Waals surface area contributed by atoms with Crippen LogP contribution in [0.2, 0.25) is 5.02 Å². The Morgan fingerprint density at radius 1 is 1.30 bits per heavy atom. The summed E-state index contributed by atoms with van der Waals surface area (Å²) in [7, 11) is 0. The zero-order valence-corrected chi connectivity index (χ0v) is 14.9. The van der Waals surface area contributed by atoms with Crippen LogP contribution in [0.1, 0.15) is 16.1 Å². The first-order chi connectivity index (χ1) is 11.1. The summed E-state index contributed by atoms with van der Waals surface area (Å²) in [4.78, 5) is 20.4. The van der Waals surface area contributed by atoms with Crippen molar-refractivity contribution in [2.24, 2.45) is 0 Å². The molecule has 0 fully saturated rings. The third-order valence-electron chi connectivity index (χ3n) is 2.95. The molecular formula is C16H10BrClN2O2S. The van der Waals surface area contributed by atoms with Crippen LogP contribution < -0.4 is 0 Å². The molecule has 0 amide bonds. The minimum Gasteiger partial charge on any atom is -0.456 e. The van der Waals surface area contributed by atoms with Gasteiger partial charge in [0.1, 0.15) is 11.6 Å². The summed E-state index contributed by atoms with van der Waals surface area (Å²) in [6.45, 7) is 0.103. The third kappa shape index (κ3) is 3.96. The van der Waals surface area contributed by atoms with Crippen LogP contribution in [0.5, 0.6) is 0 Å². The van der Waals surface area contributed by atoms with Gasteiger partial charge in [0.25, 0.3) is 0 Å². The smallest absolute Gasteiger partial charge is 0.340 e. The second kappa shape index (κ2) is 7.21. The molecule has 116 valence electrons. The van der Waals surface area contributed by atoms with Gasteiger partial charge in [0.05, 0.1) is 16.3 Å². The predicted octanol–water partition coefficient (Wildman–Crippen LogP) is 4.98. The van der Waals surface area contributed by atoms with Crippen LogP contribution in [-0.2, 0) is 11.3 Å². The lowest BCUT2D eigenvalue weighted by Crippen LogP contribution is -2.05. The fourth-order valence-corrected chi connectivity index (χ4v) is 3.37. The summed E-state index contributed by atoms with van der Waals surface area (Å²) < 4.78 is 5.98. The second-order valence-corrected chi connectivity index (χ2v) is 6.77. The largest absolute Gasteiger partial charge is 0.456 e. The first kappa shape index (κ1) is 16.1. The Balaban J connectivity index is 1.68. The molecule has 3 rings (SSSR count). The molecule has 0 spiro atoms. The number of pyridine rings is 1. The molecule has 0 N–H and O–H groups in total. The number of hydrogen-bond acceptors (Lipinski definition) is 5. The first-order valence-electron chi connectivity index (χ1n) is 6.60. The monoisotopic (exact) mass is 408 g/mol. The van der Waals surface area contributed by atoms with Crippen molar-refractivity contribution in [3.8, 4) is 10.6 Å². The highest BCUT2D eigenvalue weighted by Gasteiger charge is 2.11. The molecule has 0 saturated heterocycles. The molecule has 0 aliphatic heterocycles. The lowest BCUT2D eigenvalue weighted by atomic mass is 10.2. The van der Waals surface area contributed by atoms with Gasteiger partial charge in [-0.1, -0.05) is 29.8 Å². The van der Waals surface area contributed by atoms with Crippen LogP contribution in [0.25, 0.3) is 10.6 Å². The summed E-state index contributed by atoms with van der Waals surface area (Å²) in [5.74, 6) is -0.439. The topological polar surface area (TPSA) is 52.1 Å². The van der Waals surface area contributed by atoms with Crippen LogP contribution in [0, 0.1) is 0 Å². The van der Waals surface area contributed by atoms with Gasteiger partial charge in [-0.3, -0.25) is 4.98 Å². The molecule has 2 heterocycles. The molecule has 0 radical (unpaired) electrons. The van der Waals surface area contributed by atoms with Gasteiger partial charge in [-0.05, 0) is 28.1 Å². The van der Waals surface area contributed by atoms with E-state index in [4.69, 9.17) is 16.3 Å². The Bertz CT molecular complexity index is 853. The minimum absolute atomic E-state index is 0.103. The molecule has 7 heteroatoms. The van der Waals surface area contributed by atoms with Gasteiger partial charge in [0.15, 0.2) is 0 Å². The number of nitrogens with zero attached hydrogens (tertiary/aromatic N) is 2. The summed E-state index contributed by atoms with van der Waals surface area (Å²) in [5.41, 5.74) is 1.94. The molecule has 0 saturated carbocycles. The molecule has 0 aliphatic carbocycles. The molecule has 2 aromatic heterocycles. The Morgan fingerprint density at radius 2 is 2.13 bits per heavy atom. The van der Waals surface area contributed by atoms with Crippen LogP contribution in [0.15, 0.2) is 52.6 Å². The highest BCUT2D eigenvalue weighted by Crippen LogP contribution is 2.30. The third-order valence-corrected chi connectivity index (χ3v) is 4.64. The Hall–Kier alpha value is -1.76. The van der Waals surface area contributed by atoms with E-state index in [0.717, 1.165) is 15.0 Å². The molecule has 23 heavy (non-hydrogen) atoms. The van der Waals surface area contributed by atoms with Crippen molar-refractivity contribution in [2.75, 3.05) is 0 Å². The van der Waals surface area contributed by atoms with Gasteiger partial charge in [0.2, 0.25) is 0 Å². The molecule has 4 nitrogen and oxygen atoms in total. The zero-order valence-electron chi connectivity index (χ0n) is 11.7. The van der Waals surface area contributed by atoms with Crippen molar-refractivity contribution in [2.45, 2.75) is 6.61 Å². The molecule has 0 bridgehead atoms. The van der Waals surface area contributed by atoms with Crippen molar-refractivity contribution in [1.29, 1.82) is 0 Å². The first-order valence-corrected chi connectivity index (χ1v) is 8.65. The van der Waals surface area contributed by atoms with Gasteiger partial charge in [-0.25, -0.2) is 9.78 Å². The van der Waals surface area contributed by atoms with E-state index < -0.39 is 5.97 Å². The van der Waals surface area contributed by atoms with Crippen molar-refractivity contribution < 1.29 is 9.53 Å². The molecule has 1 aromatic carbocycles. The van der Waals surface area contributed by atoms with Gasteiger partial charge in [0, 0.05) is 27.8 Å². The zero-order chi connectivity index (χ0) is 16.2. The number of benzene rings is 1. The van der Waals surface area contributed by atoms with E-state index in [-0.39, 0.29) is 6.61 Å². The molecule has 0 atom stereocenters. The van der Waals surface area contributed by atoms with E-state index in [2.05, 4.69) is 25.9 Å². The SMILES string of the molecule is O=C(OCc1csc(-c2ccccc2Cl)n1)c1cncc(Br)c1. The van der Waals surface area contributed by atoms with Crippen LogP contribution >= 0.6 is 38.9 Å². The minimum atomic E-state index is -0.439. The number of hydrogen-bond donors (Lipinski definition) is 0. The van der Waals surface area contributed by atoms with Crippen molar-refractivity contribution in [3.05, 3.63) is 68.9 Å². The maximum atomic E-state index is 12.0. The fraction of sp³-hybridized carbons (Fsp3) is 0.0625. The Morgan fingerprint density at radius 3 is 2.91 bits per heavy atom. The second-order valence-electron chi connectivity index (χ2n) is 4.59. The normalized spacial score (nSPS) is 10.5. The van der Waals surface area contributed by atoms with Gasteiger partial charge >= 0.3 is 5.97 Å². The average molecular weight is 410 g/mol. The number of halogens is 2. The number of esters is 1. The lowest BCUT2D eigenvalue weighted by molar-refractivity contribution is 0.0468. The average Bonchev–Trinajstić information content (AvgIpc) is 3.02. The van der Waals surface area contributed by atoms with E-state index in [9.17, 15) is 4.79 Å². The van der Waals surface area contributed by atoms with Crippen LogP contribution in [0.3, 0.4) is 0 Å². The van der Waals surface area contributed by atoms with E-state index in [1.807, 2.05) is 29.6 Å². The number of carbonyl (C=O) groups is 1. The van der Waals surface area contributed by atoms with E-state index in [1.165, 1.54) is 17.5 Å². The number of aromatic nitrogens is 2. The fourth-order valence-electron chi connectivity index (χ4n) is 1.88. The molecular weight excluding hydrogens is 400 g/mol. The van der Waals surface area contributed by atoms with Crippen LogP contribution in [-0.4, -0.2) is 15.9 Å². The van der Waals surface area contributed by atoms with E-state index in [0.29, 0.717) is 16.3 Å². The summed E-state index contributed by atoms with van der Waals surface area (Å²) in [5, 5.41) is 3.29. The summed E-state index contributed by atoms with van der Waals surface area (Å²) in [6, 6.07) is 9.16. The maximum Gasteiger partial charge on any atom is 0.340 e. The number of carbonyl (C=O) groups excluding carboxylic acids is 1. The highest BCUT2D eigenvalue weighted by molar-refractivity contribution is 9.10. The van der Waals surface area contributed by atoms with E-state index in [1.54, 1.807) is 12.3 Å². The summed E-state index contributed by atoms with van der Waals surface area (Å²) >= 11 is 10.9. The summed E-state index contributed by atoms with van der Waals surface area (Å²) in [6.07, 6.45) is 3.07. The standard InChI is InChI=1S/C16H10BrClN2O2S/c17-11-5-10(6-19-7-11)16(21)22-8-12-9-23-15(20-12)13-3-1-2-4-14(13)18/h1-7,9H,8H2. The number of thiazole rings is 1. The van der Waals surface area contributed by atoms with Gasteiger partial charge < -0.3 is 4.74 Å².